The fraction of sp³-hybridized carbons (Fsp3) is 0.467. The van der Waals surface area contributed by atoms with Crippen molar-refractivity contribution < 1.29 is 14.7 Å². The van der Waals surface area contributed by atoms with Crippen LogP contribution in [0.5, 0.6) is 0 Å². The molecule has 2 N–H and O–H groups in total. The third-order valence-corrected chi connectivity index (χ3v) is 4.20. The van der Waals surface area contributed by atoms with Gasteiger partial charge in [0.15, 0.2) is 0 Å². The van der Waals surface area contributed by atoms with Gasteiger partial charge in [0.05, 0.1) is 5.56 Å². The Kier molecular flexibility index (Phi) is 3.60. The number of carbonyl (C=O) groups is 2. The number of anilines is 1. The molecule has 0 saturated heterocycles. The van der Waals surface area contributed by atoms with Gasteiger partial charge in [-0.1, -0.05) is 19.4 Å². The maximum atomic E-state index is 12.3. The third-order valence-electron chi connectivity index (χ3n) is 4.20. The van der Waals surface area contributed by atoms with E-state index in [1.54, 1.807) is 12.1 Å². The molecule has 2 rings (SSSR count). The van der Waals surface area contributed by atoms with Crippen molar-refractivity contribution in [1.29, 1.82) is 0 Å². The lowest BCUT2D eigenvalue weighted by Gasteiger charge is -2.39. The van der Waals surface area contributed by atoms with Gasteiger partial charge in [-0.05, 0) is 43.9 Å². The second-order valence-corrected chi connectivity index (χ2v) is 5.28. The van der Waals surface area contributed by atoms with Crippen molar-refractivity contribution in [2.45, 2.75) is 39.5 Å². The van der Waals surface area contributed by atoms with Gasteiger partial charge in [0.25, 0.3) is 0 Å². The van der Waals surface area contributed by atoms with E-state index in [-0.39, 0.29) is 16.9 Å². The van der Waals surface area contributed by atoms with Crippen molar-refractivity contribution in [3.63, 3.8) is 0 Å². The molecule has 1 aliphatic carbocycles. The normalized spacial score (nSPS) is 16.5. The number of aromatic carboxylic acids is 1. The van der Waals surface area contributed by atoms with E-state index in [1.807, 2.05) is 13.8 Å². The van der Waals surface area contributed by atoms with Crippen molar-refractivity contribution >= 4 is 17.6 Å². The van der Waals surface area contributed by atoms with E-state index < -0.39 is 5.97 Å². The standard InChI is InChI=1S/C15H19NO3/c1-3-15(7-4-8-15)14(19)16-12-9-11(13(17)18)6-5-10(12)2/h5-6,9H,3-4,7-8H2,1-2H3,(H,16,19)(H,17,18). The van der Waals surface area contributed by atoms with Gasteiger partial charge in [-0.15, -0.1) is 0 Å². The zero-order chi connectivity index (χ0) is 14.0. The molecule has 1 amide bonds. The van der Waals surface area contributed by atoms with Gasteiger partial charge in [0.1, 0.15) is 0 Å². The topological polar surface area (TPSA) is 66.4 Å². The molecule has 0 radical (unpaired) electrons. The molecule has 1 aliphatic rings. The number of benzene rings is 1. The van der Waals surface area contributed by atoms with Crippen LogP contribution < -0.4 is 5.32 Å². The lowest BCUT2D eigenvalue weighted by molar-refractivity contribution is -0.130. The molecule has 0 aliphatic heterocycles. The molecule has 1 saturated carbocycles. The highest BCUT2D eigenvalue weighted by Crippen LogP contribution is 2.44. The first kappa shape index (κ1) is 13.6. The van der Waals surface area contributed by atoms with Crippen LogP contribution in [0.4, 0.5) is 5.69 Å². The van der Waals surface area contributed by atoms with Crippen LogP contribution in [0.3, 0.4) is 0 Å². The highest BCUT2D eigenvalue weighted by atomic mass is 16.4. The van der Waals surface area contributed by atoms with Crippen LogP contribution in [0.2, 0.25) is 0 Å². The largest absolute Gasteiger partial charge is 0.478 e. The molecule has 0 spiro atoms. The average Bonchev–Trinajstić information content (AvgIpc) is 2.31. The van der Waals surface area contributed by atoms with E-state index in [4.69, 9.17) is 5.11 Å². The number of hydrogen-bond acceptors (Lipinski definition) is 2. The molecule has 0 atom stereocenters. The van der Waals surface area contributed by atoms with Gasteiger partial charge < -0.3 is 10.4 Å². The van der Waals surface area contributed by atoms with Crippen LogP contribution in [0.15, 0.2) is 18.2 Å². The Labute approximate surface area is 112 Å². The summed E-state index contributed by atoms with van der Waals surface area (Å²) in [7, 11) is 0. The Bertz CT molecular complexity index is 513. The van der Waals surface area contributed by atoms with E-state index >= 15 is 0 Å². The number of amides is 1. The molecule has 102 valence electrons. The molecular formula is C15H19NO3. The predicted molar refractivity (Wildman–Crippen MR) is 73.3 cm³/mol. The summed E-state index contributed by atoms with van der Waals surface area (Å²) >= 11 is 0. The highest BCUT2D eigenvalue weighted by Gasteiger charge is 2.42. The Balaban J connectivity index is 2.21. The van der Waals surface area contributed by atoms with E-state index in [2.05, 4.69) is 5.32 Å². The van der Waals surface area contributed by atoms with E-state index in [1.165, 1.54) is 6.07 Å². The monoisotopic (exact) mass is 261 g/mol. The number of carboxylic acid groups (broad SMARTS) is 1. The van der Waals surface area contributed by atoms with Gasteiger partial charge in [-0.2, -0.15) is 0 Å². The molecule has 0 aromatic heterocycles. The highest BCUT2D eigenvalue weighted by molar-refractivity contribution is 5.98. The van der Waals surface area contributed by atoms with Crippen molar-refractivity contribution in [3.05, 3.63) is 29.3 Å². The lowest BCUT2D eigenvalue weighted by atomic mass is 9.66. The van der Waals surface area contributed by atoms with Gasteiger partial charge >= 0.3 is 5.97 Å². The summed E-state index contributed by atoms with van der Waals surface area (Å²) in [4.78, 5) is 23.3. The van der Waals surface area contributed by atoms with Crippen molar-refractivity contribution in [1.82, 2.24) is 0 Å². The molecule has 19 heavy (non-hydrogen) atoms. The molecule has 0 bridgehead atoms. The number of carboxylic acids is 1. The minimum Gasteiger partial charge on any atom is -0.478 e. The SMILES string of the molecule is CCC1(C(=O)Nc2cc(C(=O)O)ccc2C)CCC1. The summed E-state index contributed by atoms with van der Waals surface area (Å²) in [6, 6.07) is 4.79. The first-order valence-electron chi connectivity index (χ1n) is 6.64. The second-order valence-electron chi connectivity index (χ2n) is 5.28. The summed E-state index contributed by atoms with van der Waals surface area (Å²) in [5.41, 5.74) is 1.43. The molecule has 4 nitrogen and oxygen atoms in total. The predicted octanol–water partition coefficient (Wildman–Crippen LogP) is 3.21. The summed E-state index contributed by atoms with van der Waals surface area (Å²) in [5.74, 6) is -0.962. The number of aryl methyl sites for hydroxylation is 1. The molecule has 1 aromatic carbocycles. The summed E-state index contributed by atoms with van der Waals surface area (Å²) < 4.78 is 0. The Morgan fingerprint density at radius 2 is 2.05 bits per heavy atom. The first-order chi connectivity index (χ1) is 8.98. The fourth-order valence-electron chi connectivity index (χ4n) is 2.49. The third kappa shape index (κ3) is 2.48. The van der Waals surface area contributed by atoms with Gasteiger partial charge in [-0.25, -0.2) is 4.79 Å². The smallest absolute Gasteiger partial charge is 0.335 e. The second kappa shape index (κ2) is 5.03. The molecular weight excluding hydrogens is 242 g/mol. The zero-order valence-electron chi connectivity index (χ0n) is 11.3. The number of rotatable bonds is 4. The van der Waals surface area contributed by atoms with Crippen LogP contribution >= 0.6 is 0 Å². The Hall–Kier alpha value is -1.84. The van der Waals surface area contributed by atoms with Crippen LogP contribution in [0, 0.1) is 12.3 Å². The van der Waals surface area contributed by atoms with Crippen molar-refractivity contribution in [2.75, 3.05) is 5.32 Å². The van der Waals surface area contributed by atoms with Gasteiger partial charge in [-0.3, -0.25) is 4.79 Å². The number of nitrogens with one attached hydrogen (secondary N) is 1. The maximum absolute atomic E-state index is 12.3. The summed E-state index contributed by atoms with van der Waals surface area (Å²) in [5, 5.41) is 11.9. The minimum absolute atomic E-state index is 0.0203. The Morgan fingerprint density at radius 3 is 2.53 bits per heavy atom. The minimum atomic E-state index is -0.982. The fourth-order valence-corrected chi connectivity index (χ4v) is 2.49. The van der Waals surface area contributed by atoms with E-state index in [0.717, 1.165) is 31.2 Å². The van der Waals surface area contributed by atoms with Gasteiger partial charge in [0.2, 0.25) is 5.91 Å². The zero-order valence-corrected chi connectivity index (χ0v) is 11.3. The quantitative estimate of drug-likeness (QED) is 0.874. The number of hydrogen-bond donors (Lipinski definition) is 2. The van der Waals surface area contributed by atoms with Crippen LogP contribution in [-0.2, 0) is 4.79 Å². The van der Waals surface area contributed by atoms with Crippen LogP contribution in [-0.4, -0.2) is 17.0 Å². The Morgan fingerprint density at radius 1 is 1.37 bits per heavy atom. The first-order valence-corrected chi connectivity index (χ1v) is 6.64. The van der Waals surface area contributed by atoms with Crippen molar-refractivity contribution in [2.24, 2.45) is 5.41 Å². The lowest BCUT2D eigenvalue weighted by Crippen LogP contribution is -2.41. The molecule has 4 heteroatoms. The van der Waals surface area contributed by atoms with E-state index in [0.29, 0.717) is 5.69 Å². The molecule has 0 heterocycles. The van der Waals surface area contributed by atoms with E-state index in [9.17, 15) is 9.59 Å². The molecule has 0 unspecified atom stereocenters. The van der Waals surface area contributed by atoms with Crippen molar-refractivity contribution in [3.8, 4) is 0 Å². The molecule has 1 aromatic rings. The maximum Gasteiger partial charge on any atom is 0.335 e. The van der Waals surface area contributed by atoms with Gasteiger partial charge in [0, 0.05) is 11.1 Å². The number of carbonyl (C=O) groups excluding carboxylic acids is 1. The average molecular weight is 261 g/mol. The van der Waals surface area contributed by atoms with Crippen LogP contribution in [0.1, 0.15) is 48.5 Å². The summed E-state index contributed by atoms with van der Waals surface area (Å²) in [6.07, 6.45) is 3.77. The van der Waals surface area contributed by atoms with Crippen LogP contribution in [0.25, 0.3) is 0 Å². The molecule has 1 fully saturated rings. The summed E-state index contributed by atoms with van der Waals surface area (Å²) in [6.45, 7) is 3.89.